The zero-order valence-corrected chi connectivity index (χ0v) is 16.8. The van der Waals surface area contributed by atoms with Gasteiger partial charge in [0, 0.05) is 32.3 Å². The van der Waals surface area contributed by atoms with Crippen molar-refractivity contribution in [3.05, 3.63) is 0 Å². The highest BCUT2D eigenvalue weighted by atomic mass is 16.6. The number of nitrogens with zero attached hydrogens (tertiary/aromatic N) is 2. The lowest BCUT2D eigenvalue weighted by Crippen LogP contribution is -2.48. The first-order valence-corrected chi connectivity index (χ1v) is 9.49. The number of piperidine rings is 1. The Morgan fingerprint density at radius 1 is 1.28 bits per heavy atom. The maximum atomic E-state index is 12.5. The van der Waals surface area contributed by atoms with Crippen LogP contribution in [0.1, 0.15) is 60.8 Å². The van der Waals surface area contributed by atoms with Crippen molar-refractivity contribution in [1.29, 1.82) is 0 Å². The van der Waals surface area contributed by atoms with Crippen LogP contribution in [0.25, 0.3) is 0 Å². The second kappa shape index (κ2) is 10.00. The van der Waals surface area contributed by atoms with Crippen LogP contribution < -0.4 is 0 Å². The van der Waals surface area contributed by atoms with Gasteiger partial charge >= 0.3 is 6.09 Å². The highest BCUT2D eigenvalue weighted by Gasteiger charge is 2.30. The van der Waals surface area contributed by atoms with E-state index in [1.54, 1.807) is 4.90 Å². The quantitative estimate of drug-likeness (QED) is 0.657. The van der Waals surface area contributed by atoms with Gasteiger partial charge in [-0.05, 0) is 59.8 Å². The average Bonchev–Trinajstić information content (AvgIpc) is 2.51. The average molecular weight is 357 g/mol. The molecule has 0 aliphatic carbocycles. The zero-order chi connectivity index (χ0) is 19.0. The van der Waals surface area contributed by atoms with Gasteiger partial charge in [-0.2, -0.15) is 0 Å². The van der Waals surface area contributed by atoms with Crippen molar-refractivity contribution >= 4 is 12.0 Å². The van der Waals surface area contributed by atoms with Crippen LogP contribution in [0.2, 0.25) is 0 Å². The molecule has 6 nitrogen and oxygen atoms in total. The molecule has 1 saturated heterocycles. The van der Waals surface area contributed by atoms with Crippen LogP contribution in [0.5, 0.6) is 0 Å². The standard InChI is InChI=1S/C19H36N2O4/c1-7-11-24-14-17(22)20-10-8-9-16(12-20)13-21(15(2)3)18(23)25-19(4,5)6/h15-16H,7-14H2,1-6H3. The molecule has 1 unspecified atom stereocenters. The van der Waals surface area contributed by atoms with E-state index in [4.69, 9.17) is 9.47 Å². The van der Waals surface area contributed by atoms with E-state index < -0.39 is 5.60 Å². The molecule has 0 bridgehead atoms. The molecule has 0 N–H and O–H groups in total. The molecule has 2 amide bonds. The van der Waals surface area contributed by atoms with E-state index in [9.17, 15) is 9.59 Å². The van der Waals surface area contributed by atoms with Crippen molar-refractivity contribution in [2.24, 2.45) is 5.92 Å². The molecule has 0 aromatic carbocycles. The number of rotatable bonds is 7. The highest BCUT2D eigenvalue weighted by molar-refractivity contribution is 5.77. The fraction of sp³-hybridized carbons (Fsp3) is 0.895. The molecule has 146 valence electrons. The van der Waals surface area contributed by atoms with Crippen LogP contribution in [-0.4, -0.2) is 66.3 Å². The van der Waals surface area contributed by atoms with Gasteiger partial charge < -0.3 is 19.3 Å². The number of hydrogen-bond donors (Lipinski definition) is 0. The molecule has 1 aliphatic rings. The van der Waals surface area contributed by atoms with Crippen LogP contribution in [-0.2, 0) is 14.3 Å². The third kappa shape index (κ3) is 8.08. The summed E-state index contributed by atoms with van der Waals surface area (Å²) in [6.07, 6.45) is 2.61. The topological polar surface area (TPSA) is 59.1 Å². The van der Waals surface area contributed by atoms with E-state index in [0.717, 1.165) is 25.8 Å². The van der Waals surface area contributed by atoms with E-state index in [1.807, 2.05) is 46.4 Å². The van der Waals surface area contributed by atoms with Gasteiger partial charge in [-0.15, -0.1) is 0 Å². The first kappa shape index (κ1) is 21.7. The Morgan fingerprint density at radius 2 is 1.96 bits per heavy atom. The second-order valence-corrected chi connectivity index (χ2v) is 8.13. The van der Waals surface area contributed by atoms with Gasteiger partial charge in [-0.25, -0.2) is 4.79 Å². The lowest BCUT2D eigenvalue weighted by Gasteiger charge is -2.37. The summed E-state index contributed by atoms with van der Waals surface area (Å²) in [5, 5.41) is 0. The van der Waals surface area contributed by atoms with E-state index in [1.165, 1.54) is 0 Å². The summed E-state index contributed by atoms with van der Waals surface area (Å²) >= 11 is 0. The Bertz CT molecular complexity index is 432. The third-order valence-corrected chi connectivity index (χ3v) is 4.15. The monoisotopic (exact) mass is 356 g/mol. The number of carbonyl (C=O) groups excluding carboxylic acids is 2. The molecule has 6 heteroatoms. The van der Waals surface area contributed by atoms with Crippen LogP contribution in [0.15, 0.2) is 0 Å². The number of likely N-dealkylation sites (tertiary alicyclic amines) is 1. The number of ether oxygens (including phenoxy) is 2. The Morgan fingerprint density at radius 3 is 2.52 bits per heavy atom. The summed E-state index contributed by atoms with van der Waals surface area (Å²) in [6.45, 7) is 14.5. The fourth-order valence-corrected chi connectivity index (χ4v) is 2.93. The van der Waals surface area contributed by atoms with E-state index >= 15 is 0 Å². The summed E-state index contributed by atoms with van der Waals surface area (Å²) in [5.74, 6) is 0.324. The highest BCUT2D eigenvalue weighted by Crippen LogP contribution is 2.20. The maximum Gasteiger partial charge on any atom is 0.410 e. The van der Waals surface area contributed by atoms with Crippen molar-refractivity contribution in [1.82, 2.24) is 9.80 Å². The van der Waals surface area contributed by atoms with Gasteiger partial charge in [-0.3, -0.25) is 4.79 Å². The van der Waals surface area contributed by atoms with E-state index in [2.05, 4.69) is 0 Å². The summed E-state index contributed by atoms with van der Waals surface area (Å²) in [6, 6.07) is 0.0637. The molecule has 0 saturated carbocycles. The second-order valence-electron chi connectivity index (χ2n) is 8.13. The van der Waals surface area contributed by atoms with Crippen LogP contribution in [0, 0.1) is 5.92 Å². The van der Waals surface area contributed by atoms with E-state index in [-0.39, 0.29) is 30.6 Å². The summed E-state index contributed by atoms with van der Waals surface area (Å²) in [5.41, 5.74) is -0.505. The van der Waals surface area contributed by atoms with Crippen LogP contribution >= 0.6 is 0 Å². The smallest absolute Gasteiger partial charge is 0.410 e. The molecule has 1 heterocycles. The SMILES string of the molecule is CCCOCC(=O)N1CCCC(CN(C(=O)OC(C)(C)C)C(C)C)C1. The lowest BCUT2D eigenvalue weighted by molar-refractivity contribution is -0.138. The minimum atomic E-state index is -0.505. The van der Waals surface area contributed by atoms with Crippen molar-refractivity contribution in [2.75, 3.05) is 32.8 Å². The first-order valence-electron chi connectivity index (χ1n) is 9.49. The normalized spacial score (nSPS) is 18.4. The molecule has 1 atom stereocenters. The van der Waals surface area contributed by atoms with Crippen molar-refractivity contribution in [2.45, 2.75) is 72.4 Å². The van der Waals surface area contributed by atoms with Gasteiger partial charge in [0.15, 0.2) is 0 Å². The minimum absolute atomic E-state index is 0.0477. The zero-order valence-electron chi connectivity index (χ0n) is 16.8. The molecule has 1 rings (SSSR count). The number of hydrogen-bond acceptors (Lipinski definition) is 4. The van der Waals surface area contributed by atoms with Crippen molar-refractivity contribution < 1.29 is 19.1 Å². The van der Waals surface area contributed by atoms with Gasteiger partial charge in [0.05, 0.1) is 0 Å². The molecule has 0 aromatic rings. The van der Waals surface area contributed by atoms with Gasteiger partial charge in [0.2, 0.25) is 5.91 Å². The fourth-order valence-electron chi connectivity index (χ4n) is 2.93. The molecule has 1 fully saturated rings. The van der Waals surface area contributed by atoms with Gasteiger partial charge in [0.1, 0.15) is 12.2 Å². The molecule has 0 spiro atoms. The summed E-state index contributed by atoms with van der Waals surface area (Å²) in [7, 11) is 0. The Kier molecular flexibility index (Phi) is 8.69. The number of amides is 2. The number of carbonyl (C=O) groups is 2. The summed E-state index contributed by atoms with van der Waals surface area (Å²) in [4.78, 5) is 28.4. The van der Waals surface area contributed by atoms with E-state index in [0.29, 0.717) is 19.7 Å². The molecule has 25 heavy (non-hydrogen) atoms. The molecular formula is C19H36N2O4. The van der Waals surface area contributed by atoms with Crippen molar-refractivity contribution in [3.8, 4) is 0 Å². The Hall–Kier alpha value is -1.30. The van der Waals surface area contributed by atoms with Gasteiger partial charge in [0.25, 0.3) is 0 Å². The van der Waals surface area contributed by atoms with Crippen molar-refractivity contribution in [3.63, 3.8) is 0 Å². The Labute approximate surface area is 152 Å². The maximum absolute atomic E-state index is 12.5. The molecular weight excluding hydrogens is 320 g/mol. The minimum Gasteiger partial charge on any atom is -0.444 e. The molecule has 0 aromatic heterocycles. The third-order valence-electron chi connectivity index (χ3n) is 4.15. The molecule has 1 aliphatic heterocycles. The lowest BCUT2D eigenvalue weighted by atomic mass is 9.97. The molecule has 0 radical (unpaired) electrons. The van der Waals surface area contributed by atoms with Crippen LogP contribution in [0.3, 0.4) is 0 Å². The van der Waals surface area contributed by atoms with Gasteiger partial charge in [-0.1, -0.05) is 6.92 Å². The summed E-state index contributed by atoms with van der Waals surface area (Å²) < 4.78 is 10.9. The first-order chi connectivity index (χ1) is 11.6. The predicted octanol–water partition coefficient (Wildman–Crippen LogP) is 3.30. The predicted molar refractivity (Wildman–Crippen MR) is 98.5 cm³/mol. The van der Waals surface area contributed by atoms with Crippen LogP contribution in [0.4, 0.5) is 4.79 Å². The Balaban J connectivity index is 2.60. The largest absolute Gasteiger partial charge is 0.444 e.